The quantitative estimate of drug-likeness (QED) is 0.610. The van der Waals surface area contributed by atoms with Crippen molar-refractivity contribution in [1.29, 1.82) is 0 Å². The van der Waals surface area contributed by atoms with Gasteiger partial charge >= 0.3 is 5.97 Å². The molecule has 1 aromatic carbocycles. The maximum atomic E-state index is 12.0. The maximum Gasteiger partial charge on any atom is 0.341 e. The highest BCUT2D eigenvalue weighted by atomic mass is 35.6. The number of halogens is 3. The number of benzene rings is 1. The van der Waals surface area contributed by atoms with Crippen molar-refractivity contribution in [3.8, 4) is 5.75 Å². The van der Waals surface area contributed by atoms with E-state index in [4.69, 9.17) is 44.3 Å². The monoisotopic (exact) mass is 367 g/mol. The van der Waals surface area contributed by atoms with E-state index in [1.54, 1.807) is 19.1 Å². The Hall–Kier alpha value is -1.17. The predicted octanol–water partition coefficient (Wildman–Crippen LogP) is 3.96. The minimum absolute atomic E-state index is 0.192. The number of carbonyl (C=O) groups excluding carboxylic acids is 2. The second kappa shape index (κ2) is 8.46. The summed E-state index contributed by atoms with van der Waals surface area (Å²) in [5.41, 5.74) is 0.487. The second-order valence-electron chi connectivity index (χ2n) is 4.23. The average molecular weight is 369 g/mol. The van der Waals surface area contributed by atoms with Crippen molar-refractivity contribution < 1.29 is 19.1 Å². The molecule has 0 heterocycles. The van der Waals surface area contributed by atoms with Gasteiger partial charge < -0.3 is 14.8 Å². The van der Waals surface area contributed by atoms with Crippen LogP contribution in [0, 0.1) is 0 Å². The Morgan fingerprint density at radius 3 is 2.45 bits per heavy atom. The lowest BCUT2D eigenvalue weighted by Crippen LogP contribution is -2.27. The summed E-state index contributed by atoms with van der Waals surface area (Å²) in [4.78, 5) is 23.6. The molecule has 0 atom stereocenters. The second-order valence-corrected chi connectivity index (χ2v) is 6.51. The Morgan fingerprint density at radius 1 is 1.23 bits per heavy atom. The van der Waals surface area contributed by atoms with Crippen LogP contribution in [0.15, 0.2) is 18.2 Å². The lowest BCUT2D eigenvalue weighted by Gasteiger charge is -2.14. The molecule has 0 aromatic heterocycles. The molecular weight excluding hydrogens is 353 g/mol. The molecule has 0 saturated heterocycles. The molecule has 122 valence electrons. The number of nitrogens with one attached hydrogen (secondary N) is 1. The van der Waals surface area contributed by atoms with Gasteiger partial charge in [0.2, 0.25) is 0 Å². The highest BCUT2D eigenvalue weighted by Crippen LogP contribution is 2.29. The smallest absolute Gasteiger partial charge is 0.341 e. The summed E-state index contributed by atoms with van der Waals surface area (Å²) in [7, 11) is 0. The molecule has 0 aliphatic heterocycles. The Balaban J connectivity index is 3.05. The average Bonchev–Trinajstić information content (AvgIpc) is 2.45. The summed E-state index contributed by atoms with van der Waals surface area (Å²) in [6, 6.07) is 4.51. The minimum Gasteiger partial charge on any atom is -0.493 e. The molecule has 0 fully saturated rings. The molecule has 8 heteroatoms. The summed E-state index contributed by atoms with van der Waals surface area (Å²) in [6.45, 7) is 4.31. The first-order chi connectivity index (χ1) is 10.3. The molecule has 1 rings (SSSR count). The van der Waals surface area contributed by atoms with E-state index in [9.17, 15) is 9.59 Å². The van der Waals surface area contributed by atoms with Crippen molar-refractivity contribution in [2.24, 2.45) is 0 Å². The third-order valence-corrected chi connectivity index (χ3v) is 2.97. The van der Waals surface area contributed by atoms with E-state index in [1.807, 2.05) is 6.92 Å². The van der Waals surface area contributed by atoms with E-state index in [0.717, 1.165) is 6.42 Å². The van der Waals surface area contributed by atoms with Gasteiger partial charge in [0.25, 0.3) is 9.70 Å². The van der Waals surface area contributed by atoms with Gasteiger partial charge in [0.1, 0.15) is 11.3 Å². The highest BCUT2D eigenvalue weighted by molar-refractivity contribution is 6.76. The number of hydrogen-bond acceptors (Lipinski definition) is 4. The molecule has 0 aliphatic rings. The summed E-state index contributed by atoms with van der Waals surface area (Å²) in [5.74, 6) is -1.01. The summed E-state index contributed by atoms with van der Waals surface area (Å²) in [6.07, 6.45) is 0.786. The van der Waals surface area contributed by atoms with Gasteiger partial charge in [-0.25, -0.2) is 4.79 Å². The number of esters is 1. The molecule has 0 bridgehead atoms. The number of amides is 1. The van der Waals surface area contributed by atoms with Crippen molar-refractivity contribution >= 4 is 52.4 Å². The molecule has 0 aliphatic carbocycles. The van der Waals surface area contributed by atoms with Crippen LogP contribution < -0.4 is 10.1 Å². The summed E-state index contributed by atoms with van der Waals surface area (Å²) >= 11 is 16.5. The van der Waals surface area contributed by atoms with Crippen LogP contribution >= 0.6 is 34.8 Å². The molecule has 0 spiro atoms. The number of rotatable bonds is 6. The molecule has 0 unspecified atom stereocenters. The van der Waals surface area contributed by atoms with E-state index in [-0.39, 0.29) is 12.2 Å². The number of anilines is 1. The minimum atomic E-state index is -2.10. The SMILES string of the molecule is CCCOc1ccc(NC(=O)C(Cl)(Cl)Cl)cc1C(=O)OCC. The molecule has 0 saturated carbocycles. The number of carbonyl (C=O) groups is 2. The fourth-order valence-electron chi connectivity index (χ4n) is 1.52. The predicted molar refractivity (Wildman–Crippen MR) is 87.1 cm³/mol. The van der Waals surface area contributed by atoms with E-state index < -0.39 is 15.7 Å². The fourth-order valence-corrected chi connectivity index (χ4v) is 1.66. The Bertz CT molecular complexity index is 543. The first-order valence-corrected chi connectivity index (χ1v) is 7.75. The van der Waals surface area contributed by atoms with Gasteiger partial charge in [-0.05, 0) is 31.5 Å². The molecular formula is C14H16Cl3NO4. The lowest BCUT2D eigenvalue weighted by atomic mass is 10.1. The largest absolute Gasteiger partial charge is 0.493 e. The van der Waals surface area contributed by atoms with Crippen LogP contribution in [0.25, 0.3) is 0 Å². The zero-order valence-corrected chi connectivity index (χ0v) is 14.4. The van der Waals surface area contributed by atoms with Crippen LogP contribution in [0.4, 0.5) is 5.69 Å². The summed E-state index contributed by atoms with van der Waals surface area (Å²) < 4.78 is 8.36. The number of hydrogen-bond donors (Lipinski definition) is 1. The van der Waals surface area contributed by atoms with Crippen LogP contribution in [-0.2, 0) is 9.53 Å². The Labute approximate surface area is 143 Å². The van der Waals surface area contributed by atoms with E-state index in [2.05, 4.69) is 5.32 Å². The maximum absolute atomic E-state index is 12.0. The van der Waals surface area contributed by atoms with Crippen molar-refractivity contribution in [1.82, 2.24) is 0 Å². The lowest BCUT2D eigenvalue weighted by molar-refractivity contribution is -0.115. The highest BCUT2D eigenvalue weighted by Gasteiger charge is 2.30. The molecule has 1 amide bonds. The Kier molecular flexibility index (Phi) is 7.26. The van der Waals surface area contributed by atoms with E-state index in [0.29, 0.717) is 18.0 Å². The van der Waals surface area contributed by atoms with Gasteiger partial charge in [0, 0.05) is 5.69 Å². The third-order valence-electron chi connectivity index (χ3n) is 2.45. The van der Waals surface area contributed by atoms with Gasteiger partial charge in [-0.1, -0.05) is 41.7 Å². The van der Waals surface area contributed by atoms with Crippen LogP contribution in [-0.4, -0.2) is 28.9 Å². The van der Waals surface area contributed by atoms with Gasteiger partial charge in [0.05, 0.1) is 13.2 Å². The van der Waals surface area contributed by atoms with Gasteiger partial charge in [-0.2, -0.15) is 0 Å². The topological polar surface area (TPSA) is 64.6 Å². The first kappa shape index (κ1) is 18.9. The van der Waals surface area contributed by atoms with E-state index >= 15 is 0 Å². The molecule has 1 aromatic rings. The van der Waals surface area contributed by atoms with Crippen LogP contribution in [0.2, 0.25) is 0 Å². The summed E-state index contributed by atoms with van der Waals surface area (Å²) in [5, 5.41) is 2.40. The molecule has 1 N–H and O–H groups in total. The number of alkyl halides is 3. The Morgan fingerprint density at radius 2 is 1.91 bits per heavy atom. The van der Waals surface area contributed by atoms with Crippen molar-refractivity contribution in [2.75, 3.05) is 18.5 Å². The standard InChI is InChI=1S/C14H16Cl3NO4/c1-3-7-22-11-6-5-9(18-13(20)14(15,16)17)8-10(11)12(19)21-4-2/h5-6,8H,3-4,7H2,1-2H3,(H,18,20). The van der Waals surface area contributed by atoms with Gasteiger partial charge in [-0.3, -0.25) is 4.79 Å². The zero-order chi connectivity index (χ0) is 16.8. The molecule has 0 radical (unpaired) electrons. The number of ether oxygens (including phenoxy) is 2. The van der Waals surface area contributed by atoms with Crippen molar-refractivity contribution in [3.05, 3.63) is 23.8 Å². The van der Waals surface area contributed by atoms with Crippen molar-refractivity contribution in [3.63, 3.8) is 0 Å². The van der Waals surface area contributed by atoms with Crippen LogP contribution in [0.3, 0.4) is 0 Å². The third kappa shape index (κ3) is 5.55. The van der Waals surface area contributed by atoms with Crippen molar-refractivity contribution in [2.45, 2.75) is 24.1 Å². The van der Waals surface area contributed by atoms with E-state index in [1.165, 1.54) is 6.07 Å². The van der Waals surface area contributed by atoms with Crippen LogP contribution in [0.1, 0.15) is 30.6 Å². The molecule has 22 heavy (non-hydrogen) atoms. The molecule has 5 nitrogen and oxygen atoms in total. The normalized spacial score (nSPS) is 11.0. The van der Waals surface area contributed by atoms with Gasteiger partial charge in [-0.15, -0.1) is 0 Å². The first-order valence-electron chi connectivity index (χ1n) is 6.61. The van der Waals surface area contributed by atoms with Gasteiger partial charge in [0.15, 0.2) is 0 Å². The fraction of sp³-hybridized carbons (Fsp3) is 0.429. The zero-order valence-electron chi connectivity index (χ0n) is 12.1. The van der Waals surface area contributed by atoms with Crippen LogP contribution in [0.5, 0.6) is 5.75 Å².